The van der Waals surface area contributed by atoms with Crippen LogP contribution in [0.25, 0.3) is 0 Å². The molecule has 0 spiro atoms. The molecule has 0 fully saturated rings. The fraction of sp³-hybridized carbons (Fsp3) is 0.200. The van der Waals surface area contributed by atoms with Crippen molar-refractivity contribution in [3.8, 4) is 0 Å². The number of benzene rings is 2. The molecular weight excluding hydrogens is 367 g/mol. The molecule has 2 aromatic carbocycles. The van der Waals surface area contributed by atoms with Crippen LogP contribution in [-0.2, 0) is 14.3 Å². The van der Waals surface area contributed by atoms with E-state index in [0.29, 0.717) is 5.56 Å². The third-order valence-corrected chi connectivity index (χ3v) is 4.36. The maximum atomic E-state index is 13.5. The van der Waals surface area contributed by atoms with Gasteiger partial charge in [-0.15, -0.1) is 0 Å². The summed E-state index contributed by atoms with van der Waals surface area (Å²) in [5.74, 6) is -3.24. The standard InChI is InChI=1S/C20H17FN2O5/c1-11-7-8-13(9-16(11)21)22-17(24)10-28-20(27)12(2)23-18(25)14-5-3-4-6-15(14)19(23)26/h3-9,12H,10H2,1-2H3,(H,22,24). The smallest absolute Gasteiger partial charge is 0.329 e. The second-order valence-electron chi connectivity index (χ2n) is 6.32. The number of halogens is 1. The first-order valence-corrected chi connectivity index (χ1v) is 8.49. The number of carbonyl (C=O) groups is 4. The van der Waals surface area contributed by atoms with Crippen LogP contribution in [0.3, 0.4) is 0 Å². The lowest BCUT2D eigenvalue weighted by atomic mass is 10.1. The van der Waals surface area contributed by atoms with Crippen molar-refractivity contribution in [1.82, 2.24) is 4.90 Å². The van der Waals surface area contributed by atoms with Gasteiger partial charge in [0.2, 0.25) is 0 Å². The molecule has 1 aliphatic heterocycles. The van der Waals surface area contributed by atoms with Crippen LogP contribution < -0.4 is 5.32 Å². The van der Waals surface area contributed by atoms with E-state index < -0.39 is 42.2 Å². The van der Waals surface area contributed by atoms with Crippen LogP contribution in [-0.4, -0.2) is 41.2 Å². The number of nitrogens with zero attached hydrogens (tertiary/aromatic N) is 1. The Hall–Kier alpha value is -3.55. The summed E-state index contributed by atoms with van der Waals surface area (Å²) in [5, 5.41) is 2.40. The van der Waals surface area contributed by atoms with Crippen LogP contribution in [0.5, 0.6) is 0 Å². The summed E-state index contributed by atoms with van der Waals surface area (Å²) in [5.41, 5.74) is 1.08. The molecule has 3 rings (SSSR count). The predicted molar refractivity (Wildman–Crippen MR) is 97.1 cm³/mol. The SMILES string of the molecule is Cc1ccc(NC(=O)COC(=O)C(C)N2C(=O)c3ccccc3C2=O)cc1F. The van der Waals surface area contributed by atoms with Gasteiger partial charge in [0.1, 0.15) is 11.9 Å². The third-order valence-electron chi connectivity index (χ3n) is 4.36. The van der Waals surface area contributed by atoms with Gasteiger partial charge in [0.25, 0.3) is 17.7 Å². The number of anilines is 1. The third kappa shape index (κ3) is 3.62. The molecule has 1 atom stereocenters. The molecule has 1 unspecified atom stereocenters. The Bertz CT molecular complexity index is 953. The number of imide groups is 1. The topological polar surface area (TPSA) is 92.8 Å². The highest BCUT2D eigenvalue weighted by molar-refractivity contribution is 6.22. The van der Waals surface area contributed by atoms with Crippen LogP contribution in [0.1, 0.15) is 33.2 Å². The number of fused-ring (bicyclic) bond motifs is 1. The van der Waals surface area contributed by atoms with Gasteiger partial charge in [0.15, 0.2) is 6.61 Å². The Morgan fingerprint density at radius 1 is 1.11 bits per heavy atom. The Kier molecular flexibility index (Phi) is 5.21. The summed E-state index contributed by atoms with van der Waals surface area (Å²) in [6.45, 7) is 2.29. The molecule has 2 aromatic rings. The molecule has 1 N–H and O–H groups in total. The normalized spacial score (nSPS) is 13.9. The number of hydrogen-bond acceptors (Lipinski definition) is 5. The van der Waals surface area contributed by atoms with E-state index in [0.717, 1.165) is 11.0 Å². The maximum Gasteiger partial charge on any atom is 0.329 e. The number of ether oxygens (including phenoxy) is 1. The second kappa shape index (κ2) is 7.59. The molecule has 8 heteroatoms. The maximum absolute atomic E-state index is 13.5. The van der Waals surface area contributed by atoms with Crippen molar-refractivity contribution in [3.05, 3.63) is 65.0 Å². The minimum Gasteiger partial charge on any atom is -0.454 e. The minimum atomic E-state index is -1.20. The molecule has 0 bridgehead atoms. The average Bonchev–Trinajstić information content (AvgIpc) is 2.93. The lowest BCUT2D eigenvalue weighted by molar-refractivity contribution is -0.150. The zero-order valence-electron chi connectivity index (χ0n) is 15.2. The van der Waals surface area contributed by atoms with Gasteiger partial charge in [-0.25, -0.2) is 9.18 Å². The van der Waals surface area contributed by atoms with Crippen LogP contribution in [0, 0.1) is 12.7 Å². The number of esters is 1. The molecule has 1 heterocycles. The van der Waals surface area contributed by atoms with E-state index in [4.69, 9.17) is 4.74 Å². The van der Waals surface area contributed by atoms with Gasteiger partial charge in [-0.1, -0.05) is 18.2 Å². The van der Waals surface area contributed by atoms with Crippen LogP contribution in [0.15, 0.2) is 42.5 Å². The van der Waals surface area contributed by atoms with Gasteiger partial charge in [-0.2, -0.15) is 0 Å². The fourth-order valence-electron chi connectivity index (χ4n) is 2.79. The van der Waals surface area contributed by atoms with Crippen molar-refractivity contribution in [3.63, 3.8) is 0 Å². The van der Waals surface area contributed by atoms with Crippen molar-refractivity contribution in [1.29, 1.82) is 0 Å². The van der Waals surface area contributed by atoms with Crippen molar-refractivity contribution < 1.29 is 28.3 Å². The first-order valence-electron chi connectivity index (χ1n) is 8.49. The van der Waals surface area contributed by atoms with Gasteiger partial charge < -0.3 is 10.1 Å². The highest BCUT2D eigenvalue weighted by Crippen LogP contribution is 2.24. The molecule has 0 saturated carbocycles. The second-order valence-corrected chi connectivity index (χ2v) is 6.32. The van der Waals surface area contributed by atoms with E-state index in [2.05, 4.69) is 5.32 Å². The number of carbonyl (C=O) groups excluding carboxylic acids is 4. The summed E-state index contributed by atoms with van der Waals surface area (Å²) in [7, 11) is 0. The van der Waals surface area contributed by atoms with Crippen LogP contribution in [0.2, 0.25) is 0 Å². The fourth-order valence-corrected chi connectivity index (χ4v) is 2.79. The summed E-state index contributed by atoms with van der Waals surface area (Å²) >= 11 is 0. The van der Waals surface area contributed by atoms with Crippen molar-refractivity contribution in [2.45, 2.75) is 19.9 Å². The Balaban J connectivity index is 1.59. The lowest BCUT2D eigenvalue weighted by Gasteiger charge is -2.20. The number of nitrogens with one attached hydrogen (secondary N) is 1. The molecule has 28 heavy (non-hydrogen) atoms. The molecule has 7 nitrogen and oxygen atoms in total. The van der Waals surface area contributed by atoms with Crippen molar-refractivity contribution >= 4 is 29.4 Å². The first kappa shape index (κ1) is 19.2. The first-order chi connectivity index (χ1) is 13.3. The zero-order chi connectivity index (χ0) is 20.4. The Morgan fingerprint density at radius 3 is 2.29 bits per heavy atom. The molecular formula is C20H17FN2O5. The predicted octanol–water partition coefficient (Wildman–Crippen LogP) is 2.30. The molecule has 1 aliphatic rings. The van der Waals surface area contributed by atoms with E-state index in [-0.39, 0.29) is 16.8 Å². The zero-order valence-corrected chi connectivity index (χ0v) is 15.2. The summed E-state index contributed by atoms with van der Waals surface area (Å²) in [6.07, 6.45) is 0. The Labute approximate surface area is 160 Å². The monoisotopic (exact) mass is 384 g/mol. The molecule has 0 aromatic heterocycles. The molecule has 0 aliphatic carbocycles. The van der Waals surface area contributed by atoms with E-state index in [1.165, 1.54) is 31.2 Å². The number of amides is 3. The van der Waals surface area contributed by atoms with E-state index in [1.54, 1.807) is 19.1 Å². The molecule has 0 radical (unpaired) electrons. The summed E-state index contributed by atoms with van der Waals surface area (Å²) in [6, 6.07) is 9.21. The quantitative estimate of drug-likeness (QED) is 0.631. The Morgan fingerprint density at radius 2 is 1.71 bits per heavy atom. The van der Waals surface area contributed by atoms with Crippen molar-refractivity contribution in [2.75, 3.05) is 11.9 Å². The van der Waals surface area contributed by atoms with Crippen LogP contribution in [0.4, 0.5) is 10.1 Å². The summed E-state index contributed by atoms with van der Waals surface area (Å²) in [4.78, 5) is 49.7. The number of hydrogen-bond donors (Lipinski definition) is 1. The van der Waals surface area contributed by atoms with Gasteiger partial charge in [0, 0.05) is 5.69 Å². The molecule has 3 amide bonds. The summed E-state index contributed by atoms with van der Waals surface area (Å²) < 4.78 is 18.4. The number of rotatable bonds is 5. The molecule has 144 valence electrons. The van der Waals surface area contributed by atoms with Gasteiger partial charge in [-0.05, 0) is 43.7 Å². The van der Waals surface area contributed by atoms with E-state index >= 15 is 0 Å². The van der Waals surface area contributed by atoms with E-state index in [9.17, 15) is 23.6 Å². The van der Waals surface area contributed by atoms with Gasteiger partial charge >= 0.3 is 5.97 Å². The highest BCUT2D eigenvalue weighted by atomic mass is 19.1. The molecule has 0 saturated heterocycles. The van der Waals surface area contributed by atoms with Crippen LogP contribution >= 0.6 is 0 Å². The van der Waals surface area contributed by atoms with Gasteiger partial charge in [-0.3, -0.25) is 19.3 Å². The highest BCUT2D eigenvalue weighted by Gasteiger charge is 2.41. The lowest BCUT2D eigenvalue weighted by Crippen LogP contribution is -2.44. The van der Waals surface area contributed by atoms with Gasteiger partial charge in [0.05, 0.1) is 11.1 Å². The number of aryl methyl sites for hydroxylation is 1. The average molecular weight is 384 g/mol. The van der Waals surface area contributed by atoms with E-state index in [1.807, 2.05) is 0 Å². The van der Waals surface area contributed by atoms with Crippen molar-refractivity contribution in [2.24, 2.45) is 0 Å². The largest absolute Gasteiger partial charge is 0.454 e. The minimum absolute atomic E-state index is 0.214.